The van der Waals surface area contributed by atoms with Gasteiger partial charge in [-0.3, -0.25) is 9.78 Å². The number of hydrogen-bond donors (Lipinski definition) is 2. The molecule has 0 aliphatic rings. The second-order valence-electron chi connectivity index (χ2n) is 4.79. The topological polar surface area (TPSA) is 80.9 Å². The average molecular weight is 276 g/mol. The van der Waals surface area contributed by atoms with Gasteiger partial charge >= 0.3 is 0 Å². The molecule has 100 valence electrons. The van der Waals surface area contributed by atoms with E-state index in [0.717, 1.165) is 10.7 Å². The Kier molecular flexibility index (Phi) is 3.92. The van der Waals surface area contributed by atoms with Crippen LogP contribution in [0.3, 0.4) is 0 Å². The third-order valence-corrected chi connectivity index (χ3v) is 3.59. The summed E-state index contributed by atoms with van der Waals surface area (Å²) in [5.41, 5.74) is 5.94. The molecule has 0 aliphatic carbocycles. The highest BCUT2D eigenvalue weighted by Crippen LogP contribution is 2.23. The summed E-state index contributed by atoms with van der Waals surface area (Å²) in [6.07, 6.45) is 3.27. The first-order chi connectivity index (χ1) is 9.02. The van der Waals surface area contributed by atoms with Crippen LogP contribution in [0.2, 0.25) is 0 Å². The van der Waals surface area contributed by atoms with Crippen LogP contribution in [0.5, 0.6) is 0 Å². The van der Waals surface area contributed by atoms with Crippen LogP contribution in [0.25, 0.3) is 10.7 Å². The molecule has 0 unspecified atom stereocenters. The molecular weight excluding hydrogens is 260 g/mol. The molecule has 19 heavy (non-hydrogen) atoms. The van der Waals surface area contributed by atoms with Crippen molar-refractivity contribution >= 4 is 17.2 Å². The highest BCUT2D eigenvalue weighted by molar-refractivity contribution is 7.16. The summed E-state index contributed by atoms with van der Waals surface area (Å²) in [7, 11) is 0. The van der Waals surface area contributed by atoms with Gasteiger partial charge in [0.25, 0.3) is 5.91 Å². The average Bonchev–Trinajstić information content (AvgIpc) is 2.89. The van der Waals surface area contributed by atoms with Gasteiger partial charge in [-0.15, -0.1) is 11.3 Å². The molecule has 3 N–H and O–H groups in total. The Hall–Kier alpha value is -1.79. The number of pyridine rings is 1. The fourth-order valence-corrected chi connectivity index (χ4v) is 2.19. The Morgan fingerprint density at radius 2 is 2.21 bits per heavy atom. The molecule has 1 amide bonds. The van der Waals surface area contributed by atoms with E-state index in [4.69, 9.17) is 5.73 Å². The first kappa shape index (κ1) is 13.6. The Morgan fingerprint density at radius 3 is 2.84 bits per heavy atom. The molecule has 0 atom stereocenters. The van der Waals surface area contributed by atoms with Crippen molar-refractivity contribution in [2.45, 2.75) is 19.4 Å². The van der Waals surface area contributed by atoms with Gasteiger partial charge in [0.1, 0.15) is 9.88 Å². The number of thiazole rings is 1. The van der Waals surface area contributed by atoms with Gasteiger partial charge in [0.15, 0.2) is 0 Å². The molecule has 6 heteroatoms. The van der Waals surface area contributed by atoms with Gasteiger partial charge in [-0.25, -0.2) is 4.98 Å². The number of hydrogen-bond acceptors (Lipinski definition) is 5. The normalized spacial score (nSPS) is 11.3. The maximum atomic E-state index is 12.0. The smallest absolute Gasteiger partial charge is 0.263 e. The lowest BCUT2D eigenvalue weighted by Crippen LogP contribution is -2.48. The van der Waals surface area contributed by atoms with Gasteiger partial charge in [0.2, 0.25) is 0 Å². The fourth-order valence-electron chi connectivity index (χ4n) is 1.41. The number of carbonyl (C=O) groups is 1. The van der Waals surface area contributed by atoms with Gasteiger partial charge in [-0.1, -0.05) is 6.07 Å². The van der Waals surface area contributed by atoms with Crippen LogP contribution in [0.1, 0.15) is 23.5 Å². The van der Waals surface area contributed by atoms with E-state index in [-0.39, 0.29) is 5.91 Å². The van der Waals surface area contributed by atoms with Crippen LogP contribution >= 0.6 is 11.3 Å². The minimum absolute atomic E-state index is 0.157. The lowest BCUT2D eigenvalue weighted by molar-refractivity contribution is 0.0919. The van der Waals surface area contributed by atoms with E-state index in [0.29, 0.717) is 11.4 Å². The van der Waals surface area contributed by atoms with Crippen LogP contribution in [0, 0.1) is 0 Å². The Labute approximate surface area is 115 Å². The summed E-state index contributed by atoms with van der Waals surface area (Å²) < 4.78 is 0. The minimum Gasteiger partial charge on any atom is -0.345 e. The standard InChI is InChI=1S/C13H16N4OS/c1-13(2,8-14)17-11(18)10-7-16-12(19-10)9-5-3-4-6-15-9/h3-7H,8,14H2,1-2H3,(H,17,18). The highest BCUT2D eigenvalue weighted by Gasteiger charge is 2.21. The van der Waals surface area contributed by atoms with Gasteiger partial charge in [-0.2, -0.15) is 0 Å². The van der Waals surface area contributed by atoms with Gasteiger partial charge < -0.3 is 11.1 Å². The predicted molar refractivity (Wildman–Crippen MR) is 75.9 cm³/mol. The fraction of sp³-hybridized carbons (Fsp3) is 0.308. The summed E-state index contributed by atoms with van der Waals surface area (Å²) in [5.74, 6) is -0.157. The number of nitrogens with zero attached hydrogens (tertiary/aromatic N) is 2. The van der Waals surface area contributed by atoms with E-state index < -0.39 is 5.54 Å². The number of nitrogens with two attached hydrogens (primary N) is 1. The molecule has 0 fully saturated rings. The summed E-state index contributed by atoms with van der Waals surface area (Å²) in [6, 6.07) is 5.60. The third kappa shape index (κ3) is 3.36. The molecule has 2 aromatic heterocycles. The largest absolute Gasteiger partial charge is 0.345 e. The highest BCUT2D eigenvalue weighted by atomic mass is 32.1. The first-order valence-corrected chi connectivity index (χ1v) is 6.73. The van der Waals surface area contributed by atoms with Crippen LogP contribution in [-0.2, 0) is 0 Å². The van der Waals surface area contributed by atoms with E-state index in [1.165, 1.54) is 11.3 Å². The zero-order valence-corrected chi connectivity index (χ0v) is 11.7. The van der Waals surface area contributed by atoms with Gasteiger partial charge in [0.05, 0.1) is 11.9 Å². The lowest BCUT2D eigenvalue weighted by atomic mass is 10.1. The summed E-state index contributed by atoms with van der Waals surface area (Å²) in [4.78, 5) is 21.0. The van der Waals surface area contributed by atoms with Crippen LogP contribution < -0.4 is 11.1 Å². The van der Waals surface area contributed by atoms with Crippen molar-refractivity contribution in [1.82, 2.24) is 15.3 Å². The van der Waals surface area contributed by atoms with E-state index in [1.807, 2.05) is 32.0 Å². The van der Waals surface area contributed by atoms with Gasteiger partial charge in [0, 0.05) is 18.3 Å². The van der Waals surface area contributed by atoms with E-state index in [2.05, 4.69) is 15.3 Å². The number of carbonyl (C=O) groups excluding carboxylic acids is 1. The van der Waals surface area contributed by atoms with Gasteiger partial charge in [-0.05, 0) is 26.0 Å². The Balaban J connectivity index is 2.16. The van der Waals surface area contributed by atoms with Crippen LogP contribution in [0.15, 0.2) is 30.6 Å². The molecule has 0 bridgehead atoms. The molecular formula is C13H16N4OS. The molecule has 2 rings (SSSR count). The molecule has 0 saturated carbocycles. The molecule has 5 nitrogen and oxygen atoms in total. The number of nitrogens with one attached hydrogen (secondary N) is 1. The number of rotatable bonds is 4. The van der Waals surface area contributed by atoms with Crippen molar-refractivity contribution in [1.29, 1.82) is 0 Å². The number of amides is 1. The molecule has 0 aromatic carbocycles. The third-order valence-electron chi connectivity index (χ3n) is 2.58. The van der Waals surface area contributed by atoms with Crippen molar-refractivity contribution in [3.8, 4) is 10.7 Å². The first-order valence-electron chi connectivity index (χ1n) is 5.92. The van der Waals surface area contributed by atoms with E-state index >= 15 is 0 Å². The summed E-state index contributed by atoms with van der Waals surface area (Å²) in [6.45, 7) is 4.14. The minimum atomic E-state index is -0.424. The van der Waals surface area contributed by atoms with E-state index in [9.17, 15) is 4.79 Å². The quantitative estimate of drug-likeness (QED) is 0.890. The molecule has 2 aromatic rings. The van der Waals surface area contributed by atoms with Crippen molar-refractivity contribution in [3.05, 3.63) is 35.5 Å². The second-order valence-corrected chi connectivity index (χ2v) is 5.82. The number of aromatic nitrogens is 2. The molecule has 0 aliphatic heterocycles. The summed E-state index contributed by atoms with van der Waals surface area (Å²) in [5, 5.41) is 3.61. The van der Waals surface area contributed by atoms with Crippen molar-refractivity contribution in [3.63, 3.8) is 0 Å². The molecule has 0 spiro atoms. The van der Waals surface area contributed by atoms with Crippen LogP contribution in [-0.4, -0.2) is 28.0 Å². The van der Waals surface area contributed by atoms with Crippen molar-refractivity contribution in [2.24, 2.45) is 5.73 Å². The Morgan fingerprint density at radius 1 is 1.42 bits per heavy atom. The molecule has 2 heterocycles. The monoisotopic (exact) mass is 276 g/mol. The van der Waals surface area contributed by atoms with Crippen molar-refractivity contribution in [2.75, 3.05) is 6.54 Å². The van der Waals surface area contributed by atoms with E-state index in [1.54, 1.807) is 12.4 Å². The lowest BCUT2D eigenvalue weighted by Gasteiger charge is -2.23. The van der Waals surface area contributed by atoms with Crippen LogP contribution in [0.4, 0.5) is 0 Å². The second kappa shape index (κ2) is 5.46. The SMILES string of the molecule is CC(C)(CN)NC(=O)c1cnc(-c2ccccn2)s1. The zero-order valence-electron chi connectivity index (χ0n) is 10.9. The zero-order chi connectivity index (χ0) is 13.9. The molecule has 0 saturated heterocycles. The maximum absolute atomic E-state index is 12.0. The maximum Gasteiger partial charge on any atom is 0.263 e. The molecule has 0 radical (unpaired) electrons. The predicted octanol–water partition coefficient (Wildman–Crippen LogP) is 1.67. The van der Waals surface area contributed by atoms with Crippen molar-refractivity contribution < 1.29 is 4.79 Å². The summed E-state index contributed by atoms with van der Waals surface area (Å²) >= 11 is 1.32. The Bertz CT molecular complexity index is 565.